The van der Waals surface area contributed by atoms with Crippen LogP contribution in [-0.2, 0) is 0 Å². The molecule has 0 saturated heterocycles. The zero-order chi connectivity index (χ0) is 29.9. The van der Waals surface area contributed by atoms with E-state index in [1.165, 1.54) is 23.9 Å². The summed E-state index contributed by atoms with van der Waals surface area (Å²) in [6.45, 7) is 3.37. The van der Waals surface area contributed by atoms with Crippen LogP contribution in [0.1, 0.15) is 5.69 Å². The van der Waals surface area contributed by atoms with Crippen LogP contribution in [0.2, 0.25) is 0 Å². The van der Waals surface area contributed by atoms with E-state index in [0.717, 1.165) is 27.7 Å². The third-order valence-corrected chi connectivity index (χ3v) is 7.68. The van der Waals surface area contributed by atoms with Crippen molar-refractivity contribution in [2.45, 2.75) is 12.1 Å². The summed E-state index contributed by atoms with van der Waals surface area (Å²) in [6.07, 6.45) is 0. The van der Waals surface area contributed by atoms with Gasteiger partial charge < -0.3 is 23.7 Å². The van der Waals surface area contributed by atoms with Gasteiger partial charge in [-0.2, -0.15) is 4.57 Å². The van der Waals surface area contributed by atoms with E-state index >= 15 is 0 Å². The molecule has 2 aromatic heterocycles. The number of hydrogen-bond acceptors (Lipinski definition) is 10. The van der Waals surface area contributed by atoms with Crippen molar-refractivity contribution in [1.29, 1.82) is 0 Å². The van der Waals surface area contributed by atoms with Crippen molar-refractivity contribution in [1.82, 2.24) is 15.2 Å². The normalized spacial score (nSPS) is 12.3. The summed E-state index contributed by atoms with van der Waals surface area (Å²) in [5.74, 6) is 4.17. The Morgan fingerprint density at radius 1 is 1.02 bits per heavy atom. The first-order valence-corrected chi connectivity index (χ1v) is 14.4. The molecule has 3 aromatic carbocycles. The van der Waals surface area contributed by atoms with Crippen molar-refractivity contribution in [2.24, 2.45) is 0 Å². The van der Waals surface area contributed by atoms with E-state index in [-0.39, 0.29) is 5.69 Å². The Bertz CT molecular complexity index is 1810. The fourth-order valence-electron chi connectivity index (χ4n) is 4.95. The lowest BCUT2D eigenvalue weighted by Crippen LogP contribution is -2.38. The van der Waals surface area contributed by atoms with Crippen LogP contribution in [0.3, 0.4) is 0 Å². The topological polar surface area (TPSA) is 135 Å². The van der Waals surface area contributed by atoms with Crippen molar-refractivity contribution < 1.29 is 33.2 Å². The second-order valence-electron chi connectivity index (χ2n) is 9.49. The molecular formula is C30H28N5O7S+. The number of fused-ring (bicyclic) bond motifs is 2. The number of para-hydroxylation sites is 1. The van der Waals surface area contributed by atoms with Gasteiger partial charge in [-0.15, -0.1) is 5.10 Å². The van der Waals surface area contributed by atoms with Crippen LogP contribution in [0.4, 0.5) is 5.69 Å². The van der Waals surface area contributed by atoms with Crippen LogP contribution in [0.5, 0.6) is 28.7 Å². The monoisotopic (exact) mass is 602 g/mol. The van der Waals surface area contributed by atoms with Crippen molar-refractivity contribution in [3.05, 3.63) is 76.5 Å². The summed E-state index contributed by atoms with van der Waals surface area (Å²) in [4.78, 5) is 15.7. The lowest BCUT2D eigenvalue weighted by molar-refractivity contribution is -0.597. The van der Waals surface area contributed by atoms with Gasteiger partial charge in [0.25, 0.3) is 10.8 Å². The number of non-ortho nitro benzene ring substituents is 1. The Morgan fingerprint density at radius 3 is 2.56 bits per heavy atom. The van der Waals surface area contributed by atoms with Gasteiger partial charge in [-0.05, 0) is 59.8 Å². The zero-order valence-electron chi connectivity index (χ0n) is 23.7. The lowest BCUT2D eigenvalue weighted by atomic mass is 10.0. The molecule has 0 atom stereocenters. The lowest BCUT2D eigenvalue weighted by Gasteiger charge is -2.20. The number of H-pyrrole nitrogens is 1. The molecule has 1 aliphatic rings. The molecule has 1 N–H and O–H groups in total. The van der Waals surface area contributed by atoms with Crippen LogP contribution in [-0.4, -0.2) is 59.9 Å². The number of ether oxygens (including phenoxy) is 5. The number of thioether (sulfide) groups is 1. The molecule has 0 bridgehead atoms. The quantitative estimate of drug-likeness (QED) is 0.0758. The molecule has 12 nitrogen and oxygen atoms in total. The van der Waals surface area contributed by atoms with E-state index < -0.39 is 4.92 Å². The van der Waals surface area contributed by atoms with E-state index in [1.807, 2.05) is 47.9 Å². The molecule has 0 unspecified atom stereocenters. The van der Waals surface area contributed by atoms with Crippen molar-refractivity contribution in [2.75, 3.05) is 39.8 Å². The van der Waals surface area contributed by atoms with Crippen LogP contribution >= 0.6 is 11.8 Å². The third kappa shape index (κ3) is 5.58. The number of benzene rings is 3. The van der Waals surface area contributed by atoms with Gasteiger partial charge in [0.2, 0.25) is 5.75 Å². The molecular weight excluding hydrogens is 574 g/mol. The molecule has 0 aliphatic carbocycles. The average Bonchev–Trinajstić information content (AvgIpc) is 3.50. The van der Waals surface area contributed by atoms with Gasteiger partial charge in [0, 0.05) is 28.8 Å². The first-order valence-electron chi connectivity index (χ1n) is 13.4. The number of pyridine rings is 1. The zero-order valence-corrected chi connectivity index (χ0v) is 24.5. The van der Waals surface area contributed by atoms with Crippen molar-refractivity contribution in [3.63, 3.8) is 0 Å². The molecule has 0 amide bonds. The Balaban J connectivity index is 1.31. The van der Waals surface area contributed by atoms with E-state index in [0.29, 0.717) is 65.4 Å². The van der Waals surface area contributed by atoms with Gasteiger partial charge in [-0.25, -0.2) is 0 Å². The summed E-state index contributed by atoms with van der Waals surface area (Å²) >= 11 is 1.44. The number of aromatic amines is 1. The minimum absolute atomic E-state index is 0.00202. The SMILES string of the molecule is COc1cc2cc(C)[n+](-c3nc(SCCOc4cccc5c4OCCO5)n[nH]3)c(-c3ccc([N+](=O)[O-])cc3)c2cc1OC. The molecule has 13 heteroatoms. The number of nitro groups is 1. The highest BCUT2D eigenvalue weighted by Crippen LogP contribution is 2.39. The Labute approximate surface area is 250 Å². The van der Waals surface area contributed by atoms with Gasteiger partial charge >= 0.3 is 5.95 Å². The van der Waals surface area contributed by atoms with Gasteiger partial charge in [0.1, 0.15) is 18.9 Å². The smallest absolute Gasteiger partial charge is 0.423 e. The highest BCUT2D eigenvalue weighted by molar-refractivity contribution is 7.99. The Kier molecular flexibility index (Phi) is 7.88. The molecule has 0 spiro atoms. The molecule has 6 rings (SSSR count). The molecule has 0 fully saturated rings. The number of nitrogens with zero attached hydrogens (tertiary/aromatic N) is 4. The van der Waals surface area contributed by atoms with Gasteiger partial charge in [-0.3, -0.25) is 10.1 Å². The van der Waals surface area contributed by atoms with Crippen molar-refractivity contribution in [3.8, 4) is 46.0 Å². The largest absolute Gasteiger partial charge is 0.493 e. The Morgan fingerprint density at radius 2 is 1.79 bits per heavy atom. The first-order chi connectivity index (χ1) is 21.0. The summed E-state index contributed by atoms with van der Waals surface area (Å²) in [5, 5.41) is 21.1. The van der Waals surface area contributed by atoms with Crippen LogP contribution < -0.4 is 28.3 Å². The first kappa shape index (κ1) is 28.1. The predicted molar refractivity (Wildman–Crippen MR) is 159 cm³/mol. The molecule has 220 valence electrons. The number of hydrogen-bond donors (Lipinski definition) is 1. The van der Waals surface area contributed by atoms with E-state index in [2.05, 4.69) is 10.2 Å². The summed E-state index contributed by atoms with van der Waals surface area (Å²) in [7, 11) is 3.17. The van der Waals surface area contributed by atoms with Crippen molar-refractivity contribution >= 4 is 28.2 Å². The number of nitro benzene ring substituents is 1. The highest BCUT2D eigenvalue weighted by Gasteiger charge is 2.25. The van der Waals surface area contributed by atoms with Crippen LogP contribution in [0.15, 0.2) is 65.8 Å². The minimum atomic E-state index is -0.420. The minimum Gasteiger partial charge on any atom is -0.493 e. The fourth-order valence-corrected chi connectivity index (χ4v) is 5.56. The van der Waals surface area contributed by atoms with Crippen LogP contribution in [0, 0.1) is 17.0 Å². The molecule has 0 radical (unpaired) electrons. The van der Waals surface area contributed by atoms with E-state index in [4.69, 9.17) is 28.7 Å². The fraction of sp³-hybridized carbons (Fsp3) is 0.233. The maximum Gasteiger partial charge on any atom is 0.423 e. The van der Waals surface area contributed by atoms with Gasteiger partial charge in [0.05, 0.1) is 31.4 Å². The average molecular weight is 603 g/mol. The summed E-state index contributed by atoms with van der Waals surface area (Å²) in [6, 6.07) is 17.8. The number of methoxy groups -OCH3 is 2. The maximum atomic E-state index is 11.3. The molecule has 43 heavy (non-hydrogen) atoms. The number of aryl methyl sites for hydroxylation is 1. The number of aromatic nitrogens is 4. The second-order valence-corrected chi connectivity index (χ2v) is 10.5. The molecule has 1 aliphatic heterocycles. The van der Waals surface area contributed by atoms with Gasteiger partial charge in [-0.1, -0.05) is 22.9 Å². The second kappa shape index (κ2) is 12.1. The maximum absolute atomic E-state index is 11.3. The Hall–Kier alpha value is -5.04. The summed E-state index contributed by atoms with van der Waals surface area (Å²) < 4.78 is 30.4. The van der Waals surface area contributed by atoms with E-state index in [1.54, 1.807) is 26.4 Å². The standard InChI is InChI=1S/C30H28N5O7S/c1-18-15-20-16-25(38-2)26(39-3)17-22(20)27(19-7-9-21(10-8-19)35(36)37)34(18)29-31-30(33-32-29)43-14-13-41-24-6-4-5-23-28(24)42-12-11-40-23/h4-10,15-17H,11-14H2,1-3H3,(H,31,32,33)/q+1. The summed E-state index contributed by atoms with van der Waals surface area (Å²) in [5.41, 5.74) is 2.38. The number of rotatable bonds is 10. The molecule has 0 saturated carbocycles. The number of nitrogens with one attached hydrogen (secondary N) is 1. The molecule has 5 aromatic rings. The van der Waals surface area contributed by atoms with Gasteiger partial charge in [0.15, 0.2) is 23.0 Å². The van der Waals surface area contributed by atoms with Crippen LogP contribution in [0.25, 0.3) is 28.0 Å². The predicted octanol–water partition coefficient (Wildman–Crippen LogP) is 5.08. The third-order valence-electron chi connectivity index (χ3n) is 6.87. The molecule has 3 heterocycles. The highest BCUT2D eigenvalue weighted by atomic mass is 32.2. The van der Waals surface area contributed by atoms with E-state index in [9.17, 15) is 10.1 Å².